The van der Waals surface area contributed by atoms with Crippen LogP contribution >= 0.6 is 0 Å². The van der Waals surface area contributed by atoms with Crippen LogP contribution < -0.4 is 10.6 Å². The van der Waals surface area contributed by atoms with Gasteiger partial charge in [-0.2, -0.15) is 4.98 Å². The van der Waals surface area contributed by atoms with Gasteiger partial charge in [0.1, 0.15) is 11.9 Å². The fourth-order valence-electron chi connectivity index (χ4n) is 3.54. The molecule has 1 aromatic carbocycles. The largest absolute Gasteiger partial charge is 0.461 e. The van der Waals surface area contributed by atoms with Gasteiger partial charge in [-0.15, -0.1) is 5.10 Å². The number of anilines is 2. The number of aromatic nitrogens is 4. The number of nitrogens with one attached hydrogen (secondary N) is 2. The second-order valence-electron chi connectivity index (χ2n) is 6.99. The maximum Gasteiger partial charge on any atom is 0.255 e. The molecule has 8 nitrogen and oxygen atoms in total. The molecule has 0 saturated heterocycles. The molecule has 31 heavy (non-hydrogen) atoms. The number of benzene rings is 1. The fraction of sp³-hybridized carbons (Fsp3) is 0.0909. The number of halogens is 1. The Morgan fingerprint density at radius 1 is 1.19 bits per heavy atom. The van der Waals surface area contributed by atoms with Gasteiger partial charge in [0.25, 0.3) is 5.91 Å². The summed E-state index contributed by atoms with van der Waals surface area (Å²) in [6, 6.07) is 12.3. The molecule has 2 N–H and O–H groups in total. The van der Waals surface area contributed by atoms with E-state index in [1.165, 1.54) is 18.4 Å². The molecule has 154 valence electrons. The van der Waals surface area contributed by atoms with Crippen LogP contribution in [0.15, 0.2) is 82.9 Å². The van der Waals surface area contributed by atoms with Gasteiger partial charge in [-0.25, -0.2) is 9.07 Å². The molecule has 1 amide bonds. The molecule has 4 aromatic rings. The van der Waals surface area contributed by atoms with Crippen LogP contribution in [-0.4, -0.2) is 25.7 Å². The number of allylic oxidation sites excluding steroid dienone is 1. The third-order valence-corrected chi connectivity index (χ3v) is 4.94. The molecule has 0 spiro atoms. The first-order chi connectivity index (χ1) is 15.1. The molecule has 1 aliphatic heterocycles. The van der Waals surface area contributed by atoms with Crippen LogP contribution in [0, 0.1) is 5.82 Å². The monoisotopic (exact) mass is 416 g/mol. The van der Waals surface area contributed by atoms with Crippen molar-refractivity contribution in [3.05, 3.63) is 89.8 Å². The minimum Gasteiger partial charge on any atom is -0.461 e. The average molecular weight is 416 g/mol. The molecule has 1 unspecified atom stereocenters. The van der Waals surface area contributed by atoms with Gasteiger partial charge in [0, 0.05) is 11.9 Å². The summed E-state index contributed by atoms with van der Waals surface area (Å²) in [5.74, 6) is 0.640. The second kappa shape index (κ2) is 7.52. The van der Waals surface area contributed by atoms with Gasteiger partial charge >= 0.3 is 0 Å². The van der Waals surface area contributed by atoms with Gasteiger partial charge in [-0.1, -0.05) is 12.1 Å². The molecule has 0 aliphatic carbocycles. The number of fused-ring (bicyclic) bond motifs is 1. The molecule has 0 saturated carbocycles. The Labute approximate surface area is 176 Å². The normalized spacial score (nSPS) is 15.4. The number of carbonyl (C=O) groups excluding carboxylic acids is 1. The van der Waals surface area contributed by atoms with Gasteiger partial charge in [-0.3, -0.25) is 9.78 Å². The quantitative estimate of drug-likeness (QED) is 0.522. The molecule has 9 heteroatoms. The smallest absolute Gasteiger partial charge is 0.255 e. The van der Waals surface area contributed by atoms with Crippen molar-refractivity contribution < 1.29 is 13.6 Å². The zero-order valence-electron chi connectivity index (χ0n) is 16.4. The van der Waals surface area contributed by atoms with Crippen molar-refractivity contribution in [1.29, 1.82) is 0 Å². The maximum atomic E-state index is 13.6. The van der Waals surface area contributed by atoms with Crippen molar-refractivity contribution in [1.82, 2.24) is 19.7 Å². The van der Waals surface area contributed by atoms with Crippen molar-refractivity contribution in [3.8, 4) is 11.6 Å². The fourth-order valence-corrected chi connectivity index (χ4v) is 3.54. The van der Waals surface area contributed by atoms with E-state index in [-0.39, 0.29) is 11.7 Å². The molecule has 0 radical (unpaired) electrons. The van der Waals surface area contributed by atoms with Gasteiger partial charge in [0.15, 0.2) is 5.76 Å². The van der Waals surface area contributed by atoms with Gasteiger partial charge in [-0.05, 0) is 48.9 Å². The van der Waals surface area contributed by atoms with Crippen molar-refractivity contribution in [2.75, 3.05) is 10.6 Å². The maximum absolute atomic E-state index is 13.6. The lowest BCUT2D eigenvalue weighted by molar-refractivity contribution is -0.113. The number of rotatable bonds is 4. The topological polar surface area (TPSA) is 97.9 Å². The third kappa shape index (κ3) is 3.46. The van der Waals surface area contributed by atoms with Crippen molar-refractivity contribution >= 4 is 17.5 Å². The standard InChI is InChI=1S/C22H17FN6O2/c1-13-18(21(30)26-16-4-2-10-24-12-16)19(14-6-8-15(23)9-7-14)29-22(25-13)27-20(28-29)17-5-3-11-31-17/h2-12,19H,1H3,(H,26,30)(H,25,27,28). The summed E-state index contributed by atoms with van der Waals surface area (Å²) in [7, 11) is 0. The predicted molar refractivity (Wildman–Crippen MR) is 111 cm³/mol. The van der Waals surface area contributed by atoms with Crippen LogP contribution in [0.4, 0.5) is 16.0 Å². The van der Waals surface area contributed by atoms with Crippen LogP contribution in [-0.2, 0) is 4.79 Å². The van der Waals surface area contributed by atoms with E-state index in [2.05, 4.69) is 25.7 Å². The molecular formula is C22H17FN6O2. The van der Waals surface area contributed by atoms with E-state index in [4.69, 9.17) is 4.42 Å². The van der Waals surface area contributed by atoms with E-state index in [1.54, 1.807) is 60.4 Å². The van der Waals surface area contributed by atoms with Gasteiger partial charge in [0.05, 0.1) is 23.7 Å². The number of hydrogen-bond donors (Lipinski definition) is 2. The van der Waals surface area contributed by atoms with E-state index in [0.29, 0.717) is 40.1 Å². The SMILES string of the molecule is CC1=C(C(=O)Nc2cccnc2)C(c2ccc(F)cc2)n2nc(-c3ccco3)nc2N1. The van der Waals surface area contributed by atoms with Crippen LogP contribution in [0.2, 0.25) is 0 Å². The zero-order valence-corrected chi connectivity index (χ0v) is 16.4. The van der Waals surface area contributed by atoms with E-state index in [0.717, 1.165) is 0 Å². The summed E-state index contributed by atoms with van der Waals surface area (Å²) < 4.78 is 20.6. The van der Waals surface area contributed by atoms with Crippen LogP contribution in [0.5, 0.6) is 0 Å². The van der Waals surface area contributed by atoms with E-state index in [1.807, 2.05) is 0 Å². The average Bonchev–Trinajstić information content (AvgIpc) is 3.44. The summed E-state index contributed by atoms with van der Waals surface area (Å²) in [5, 5.41) is 10.6. The zero-order chi connectivity index (χ0) is 21.4. The third-order valence-electron chi connectivity index (χ3n) is 4.94. The van der Waals surface area contributed by atoms with Crippen LogP contribution in [0.25, 0.3) is 11.6 Å². The number of nitrogens with zero attached hydrogens (tertiary/aromatic N) is 4. The number of pyridine rings is 1. The minimum absolute atomic E-state index is 0.326. The van der Waals surface area contributed by atoms with E-state index < -0.39 is 6.04 Å². The molecule has 4 heterocycles. The molecule has 1 atom stereocenters. The Balaban J connectivity index is 1.60. The first kappa shape index (κ1) is 18.7. The Bertz CT molecular complexity index is 1260. The molecule has 0 bridgehead atoms. The summed E-state index contributed by atoms with van der Waals surface area (Å²) in [6.45, 7) is 1.79. The molecular weight excluding hydrogens is 399 g/mol. The van der Waals surface area contributed by atoms with Crippen molar-refractivity contribution in [2.45, 2.75) is 13.0 Å². The predicted octanol–water partition coefficient (Wildman–Crippen LogP) is 4.00. The van der Waals surface area contributed by atoms with Gasteiger partial charge in [0.2, 0.25) is 11.8 Å². The second-order valence-corrected chi connectivity index (χ2v) is 6.99. The minimum atomic E-state index is -0.621. The highest BCUT2D eigenvalue weighted by Crippen LogP contribution is 2.36. The number of hydrogen-bond acceptors (Lipinski definition) is 6. The summed E-state index contributed by atoms with van der Waals surface area (Å²) >= 11 is 0. The van der Waals surface area contributed by atoms with Crippen LogP contribution in [0.3, 0.4) is 0 Å². The lowest BCUT2D eigenvalue weighted by Gasteiger charge is -2.28. The summed E-state index contributed by atoms with van der Waals surface area (Å²) in [5.41, 5.74) is 2.29. The Kier molecular flexibility index (Phi) is 4.55. The molecule has 1 aliphatic rings. The highest BCUT2D eigenvalue weighted by molar-refractivity contribution is 6.05. The van der Waals surface area contributed by atoms with E-state index in [9.17, 15) is 9.18 Å². The number of amides is 1. The van der Waals surface area contributed by atoms with E-state index >= 15 is 0 Å². The molecule has 3 aromatic heterocycles. The Morgan fingerprint density at radius 2 is 2.03 bits per heavy atom. The number of carbonyl (C=O) groups is 1. The Hall–Kier alpha value is -4.27. The first-order valence-electron chi connectivity index (χ1n) is 9.55. The van der Waals surface area contributed by atoms with Crippen molar-refractivity contribution in [3.63, 3.8) is 0 Å². The Morgan fingerprint density at radius 3 is 2.74 bits per heavy atom. The lowest BCUT2D eigenvalue weighted by Crippen LogP contribution is -2.31. The number of furan rings is 1. The summed E-state index contributed by atoms with van der Waals surface area (Å²) in [4.78, 5) is 21.8. The molecule has 5 rings (SSSR count). The van der Waals surface area contributed by atoms with Gasteiger partial charge < -0.3 is 15.1 Å². The first-order valence-corrected chi connectivity index (χ1v) is 9.55. The molecule has 0 fully saturated rings. The highest BCUT2D eigenvalue weighted by atomic mass is 19.1. The highest BCUT2D eigenvalue weighted by Gasteiger charge is 2.34. The summed E-state index contributed by atoms with van der Waals surface area (Å²) in [6.07, 6.45) is 4.73. The van der Waals surface area contributed by atoms with Crippen molar-refractivity contribution in [2.24, 2.45) is 0 Å². The lowest BCUT2D eigenvalue weighted by atomic mass is 9.95. The van der Waals surface area contributed by atoms with Crippen LogP contribution in [0.1, 0.15) is 18.5 Å².